The molecule has 1 heterocycles. The number of hydrazine groups is 1. The molecule has 4 atom stereocenters. The summed E-state index contributed by atoms with van der Waals surface area (Å²) in [6.45, 7) is 0. The zero-order valence-electron chi connectivity index (χ0n) is 6.62. The maximum absolute atomic E-state index is 3.35. The quantitative estimate of drug-likeness (QED) is 0.587. The summed E-state index contributed by atoms with van der Waals surface area (Å²) in [6.07, 6.45) is 0. The first-order chi connectivity index (χ1) is 5.97. The molecule has 4 rings (SSSR count). The zero-order chi connectivity index (χ0) is 7.71. The summed E-state index contributed by atoms with van der Waals surface area (Å²) < 4.78 is 0. The predicted octanol–water partition coefficient (Wildman–Crippen LogP) is 0.931. The molecule has 1 aromatic carbocycles. The van der Waals surface area contributed by atoms with E-state index in [2.05, 4.69) is 35.1 Å². The first-order valence-electron chi connectivity index (χ1n) is 4.57. The van der Waals surface area contributed by atoms with Gasteiger partial charge in [-0.05, 0) is 11.1 Å². The lowest BCUT2D eigenvalue weighted by Crippen LogP contribution is -2.28. The van der Waals surface area contributed by atoms with Crippen molar-refractivity contribution in [3.8, 4) is 0 Å². The number of hydrogen-bond acceptors (Lipinski definition) is 2. The minimum absolute atomic E-state index is 0.608. The van der Waals surface area contributed by atoms with Gasteiger partial charge in [0.1, 0.15) is 0 Å². The summed E-state index contributed by atoms with van der Waals surface area (Å²) in [6, 6.07) is 10.2. The normalized spacial score (nSPS) is 45.7. The Bertz CT molecular complexity index is 346. The van der Waals surface area contributed by atoms with E-state index < -0.39 is 0 Å². The molecule has 60 valence electrons. The third kappa shape index (κ3) is 0.439. The maximum atomic E-state index is 3.35. The first kappa shape index (κ1) is 5.73. The largest absolute Gasteiger partial charge is 0.253 e. The Kier molecular flexibility index (Phi) is 0.755. The highest BCUT2D eigenvalue weighted by Crippen LogP contribution is 2.63. The van der Waals surface area contributed by atoms with E-state index in [0.29, 0.717) is 6.04 Å². The van der Waals surface area contributed by atoms with Crippen LogP contribution in [0.2, 0.25) is 0 Å². The van der Waals surface area contributed by atoms with Crippen LogP contribution < -0.4 is 10.9 Å². The fourth-order valence-corrected chi connectivity index (χ4v) is 3.00. The molecule has 0 radical (unpaired) electrons. The summed E-state index contributed by atoms with van der Waals surface area (Å²) in [7, 11) is 0. The van der Waals surface area contributed by atoms with Gasteiger partial charge in [-0.2, -0.15) is 0 Å². The molecule has 1 saturated heterocycles. The zero-order valence-corrected chi connectivity index (χ0v) is 6.62. The van der Waals surface area contributed by atoms with Crippen LogP contribution in [0, 0.1) is 5.92 Å². The second-order valence-electron chi connectivity index (χ2n) is 4.02. The van der Waals surface area contributed by atoms with Crippen molar-refractivity contribution in [1.82, 2.24) is 10.9 Å². The van der Waals surface area contributed by atoms with Gasteiger partial charge in [0.2, 0.25) is 0 Å². The van der Waals surface area contributed by atoms with Gasteiger partial charge in [0.25, 0.3) is 0 Å². The lowest BCUT2D eigenvalue weighted by atomic mass is 10.0. The van der Waals surface area contributed by atoms with Gasteiger partial charge in [-0.3, -0.25) is 5.43 Å². The van der Waals surface area contributed by atoms with Crippen LogP contribution in [0.4, 0.5) is 0 Å². The van der Waals surface area contributed by atoms with Gasteiger partial charge >= 0.3 is 0 Å². The Labute approximate surface area is 70.9 Å². The second-order valence-corrected chi connectivity index (χ2v) is 4.02. The molecule has 12 heavy (non-hydrogen) atoms. The highest BCUT2D eigenvalue weighted by molar-refractivity contribution is 5.49. The lowest BCUT2D eigenvalue weighted by molar-refractivity contribution is 0.508. The minimum atomic E-state index is 0.608. The van der Waals surface area contributed by atoms with E-state index >= 15 is 0 Å². The molecule has 0 bridgehead atoms. The van der Waals surface area contributed by atoms with Crippen molar-refractivity contribution in [2.45, 2.75) is 18.0 Å². The van der Waals surface area contributed by atoms with Crippen molar-refractivity contribution in [1.29, 1.82) is 0 Å². The van der Waals surface area contributed by atoms with E-state index in [0.717, 1.165) is 17.9 Å². The fourth-order valence-electron chi connectivity index (χ4n) is 3.00. The molecule has 4 unspecified atom stereocenters. The van der Waals surface area contributed by atoms with Gasteiger partial charge in [-0.25, -0.2) is 5.43 Å². The van der Waals surface area contributed by atoms with Crippen LogP contribution in [0.25, 0.3) is 0 Å². The SMILES string of the molecule is c1ccc2c(c1)C1NNC3C2C13. The molecule has 2 aliphatic carbocycles. The molecule has 0 aromatic heterocycles. The summed E-state index contributed by atoms with van der Waals surface area (Å²) in [5.41, 5.74) is 9.81. The van der Waals surface area contributed by atoms with E-state index in [1.54, 1.807) is 5.56 Å². The Hall–Kier alpha value is -0.860. The van der Waals surface area contributed by atoms with Crippen molar-refractivity contribution in [3.05, 3.63) is 35.4 Å². The molecule has 0 amide bonds. The maximum Gasteiger partial charge on any atom is 0.0515 e. The van der Waals surface area contributed by atoms with E-state index in [9.17, 15) is 0 Å². The summed E-state index contributed by atoms with van der Waals surface area (Å²) in [4.78, 5) is 0. The van der Waals surface area contributed by atoms with E-state index in [4.69, 9.17) is 0 Å². The molecule has 1 saturated carbocycles. The fraction of sp³-hybridized carbons (Fsp3) is 0.400. The summed E-state index contributed by atoms with van der Waals surface area (Å²) in [5, 5.41) is 0. The molecule has 2 fully saturated rings. The summed E-state index contributed by atoms with van der Waals surface area (Å²) in [5.74, 6) is 1.69. The van der Waals surface area contributed by atoms with Crippen molar-refractivity contribution in [2.24, 2.45) is 5.92 Å². The third-order valence-electron chi connectivity index (χ3n) is 3.56. The van der Waals surface area contributed by atoms with Crippen LogP contribution >= 0.6 is 0 Å². The molecule has 2 nitrogen and oxygen atoms in total. The van der Waals surface area contributed by atoms with Gasteiger partial charge < -0.3 is 0 Å². The van der Waals surface area contributed by atoms with Gasteiger partial charge in [-0.1, -0.05) is 24.3 Å². The summed E-state index contributed by atoms with van der Waals surface area (Å²) >= 11 is 0. The monoisotopic (exact) mass is 158 g/mol. The van der Waals surface area contributed by atoms with Crippen molar-refractivity contribution in [2.75, 3.05) is 0 Å². The molecule has 1 aromatic rings. The van der Waals surface area contributed by atoms with Crippen LogP contribution in [-0.4, -0.2) is 6.04 Å². The molecular weight excluding hydrogens is 148 g/mol. The Morgan fingerprint density at radius 3 is 2.75 bits per heavy atom. The van der Waals surface area contributed by atoms with Crippen molar-refractivity contribution < 1.29 is 0 Å². The Morgan fingerprint density at radius 2 is 1.83 bits per heavy atom. The molecule has 1 aliphatic heterocycles. The average molecular weight is 158 g/mol. The standard InChI is InChI=1S/C10H10N2/c1-2-4-6-5(3-1)7-8-9(6)11-12-10(7)8/h1-4,7-12H. The molecule has 0 spiro atoms. The van der Waals surface area contributed by atoms with Crippen molar-refractivity contribution >= 4 is 0 Å². The van der Waals surface area contributed by atoms with Crippen LogP contribution in [0.1, 0.15) is 23.1 Å². The first-order valence-corrected chi connectivity index (χ1v) is 4.57. The van der Waals surface area contributed by atoms with Crippen LogP contribution in [0.5, 0.6) is 0 Å². The van der Waals surface area contributed by atoms with Crippen LogP contribution in [-0.2, 0) is 0 Å². The molecule has 3 aliphatic rings. The highest BCUT2D eigenvalue weighted by Gasteiger charge is 2.64. The number of hydrogen-bond donors (Lipinski definition) is 2. The van der Waals surface area contributed by atoms with E-state index in [1.807, 2.05) is 0 Å². The number of nitrogens with one attached hydrogen (secondary N) is 2. The predicted molar refractivity (Wildman–Crippen MR) is 45.5 cm³/mol. The average Bonchev–Trinajstić information content (AvgIpc) is 2.57. The minimum Gasteiger partial charge on any atom is -0.253 e. The number of fused-ring (bicyclic) bond motifs is 4. The van der Waals surface area contributed by atoms with Crippen LogP contribution in [0.3, 0.4) is 0 Å². The van der Waals surface area contributed by atoms with Gasteiger partial charge in [-0.15, -0.1) is 0 Å². The van der Waals surface area contributed by atoms with Gasteiger partial charge in [0.15, 0.2) is 0 Å². The lowest BCUT2D eigenvalue weighted by Gasteiger charge is -2.07. The van der Waals surface area contributed by atoms with Gasteiger partial charge in [0.05, 0.1) is 6.04 Å². The van der Waals surface area contributed by atoms with Crippen molar-refractivity contribution in [3.63, 3.8) is 0 Å². The van der Waals surface area contributed by atoms with E-state index in [1.165, 1.54) is 5.56 Å². The molecule has 2 N–H and O–H groups in total. The topological polar surface area (TPSA) is 24.1 Å². The second kappa shape index (κ2) is 1.58. The number of rotatable bonds is 0. The van der Waals surface area contributed by atoms with E-state index in [-0.39, 0.29) is 0 Å². The highest BCUT2D eigenvalue weighted by atomic mass is 15.5. The van der Waals surface area contributed by atoms with Gasteiger partial charge in [0, 0.05) is 17.9 Å². The van der Waals surface area contributed by atoms with Crippen LogP contribution in [0.15, 0.2) is 24.3 Å². The smallest absolute Gasteiger partial charge is 0.0515 e. The Morgan fingerprint density at radius 1 is 1.00 bits per heavy atom. The molecular formula is C10H10N2. The number of benzene rings is 1. The molecule has 2 heteroatoms. The Balaban J connectivity index is 2.01. The third-order valence-corrected chi connectivity index (χ3v) is 3.56.